The normalized spacial score (nSPS) is 13.8. The fraction of sp³-hybridized carbons (Fsp3) is 0.391. The zero-order valence-corrected chi connectivity index (χ0v) is 17.9. The molecule has 1 heterocycles. The molecule has 0 aromatic heterocycles. The van der Waals surface area contributed by atoms with Gasteiger partial charge in [0, 0.05) is 31.2 Å². The molecule has 3 rings (SSSR count). The van der Waals surface area contributed by atoms with Crippen molar-refractivity contribution in [2.45, 2.75) is 19.8 Å². The predicted octanol–water partition coefficient (Wildman–Crippen LogP) is 3.42. The van der Waals surface area contributed by atoms with Gasteiger partial charge in [-0.25, -0.2) is 0 Å². The van der Waals surface area contributed by atoms with E-state index >= 15 is 0 Å². The van der Waals surface area contributed by atoms with E-state index in [-0.39, 0.29) is 25.0 Å². The van der Waals surface area contributed by atoms with Crippen LogP contribution < -0.4 is 9.47 Å². The van der Waals surface area contributed by atoms with Crippen molar-refractivity contribution in [1.29, 1.82) is 0 Å². The third kappa shape index (κ3) is 6.39. The molecule has 2 aromatic carbocycles. The Bertz CT molecular complexity index is 831. The summed E-state index contributed by atoms with van der Waals surface area (Å²) >= 11 is 5.84. The zero-order valence-electron chi connectivity index (χ0n) is 17.2. The first kappa shape index (κ1) is 22.0. The van der Waals surface area contributed by atoms with E-state index in [1.54, 1.807) is 34.1 Å². The molecule has 6 nitrogen and oxygen atoms in total. The van der Waals surface area contributed by atoms with Crippen LogP contribution in [-0.2, 0) is 16.0 Å². The number of carbonyl (C=O) groups is 2. The largest absolute Gasteiger partial charge is 0.484 e. The maximum Gasteiger partial charge on any atom is 0.260 e. The second kappa shape index (κ2) is 10.9. The van der Waals surface area contributed by atoms with Crippen molar-refractivity contribution in [3.05, 3.63) is 59.1 Å². The first-order valence-corrected chi connectivity index (χ1v) is 10.6. The Labute approximate surface area is 182 Å². The maximum absolute atomic E-state index is 12.4. The predicted molar refractivity (Wildman–Crippen MR) is 116 cm³/mol. The first-order valence-electron chi connectivity index (χ1n) is 10.2. The van der Waals surface area contributed by atoms with E-state index in [0.717, 1.165) is 12.8 Å². The van der Waals surface area contributed by atoms with E-state index in [1.165, 1.54) is 5.56 Å². The van der Waals surface area contributed by atoms with Gasteiger partial charge in [0.1, 0.15) is 11.5 Å². The standard InChI is InChI=1S/C23H27ClN2O4/c1-2-3-18-4-8-20(9-5-18)29-16-22(27)25-12-14-26(15-13-25)23(28)17-30-21-10-6-19(24)7-11-21/h4-11H,2-3,12-17H2,1H3. The van der Waals surface area contributed by atoms with E-state index in [2.05, 4.69) is 6.92 Å². The number of hydrogen-bond acceptors (Lipinski definition) is 4. The van der Waals surface area contributed by atoms with Crippen molar-refractivity contribution >= 4 is 23.4 Å². The highest BCUT2D eigenvalue weighted by Gasteiger charge is 2.24. The quantitative estimate of drug-likeness (QED) is 0.643. The Balaban J connectivity index is 1.38. The van der Waals surface area contributed by atoms with Gasteiger partial charge in [-0.2, -0.15) is 0 Å². The number of rotatable bonds is 8. The number of aryl methyl sites for hydroxylation is 1. The van der Waals surface area contributed by atoms with Crippen LogP contribution in [0, 0.1) is 0 Å². The van der Waals surface area contributed by atoms with E-state index in [1.807, 2.05) is 24.3 Å². The van der Waals surface area contributed by atoms with Crippen molar-refractivity contribution in [1.82, 2.24) is 9.80 Å². The molecule has 0 N–H and O–H groups in total. The highest BCUT2D eigenvalue weighted by molar-refractivity contribution is 6.30. The number of hydrogen-bond donors (Lipinski definition) is 0. The number of carbonyl (C=O) groups excluding carboxylic acids is 2. The zero-order chi connectivity index (χ0) is 21.3. The number of amides is 2. The van der Waals surface area contributed by atoms with Crippen LogP contribution in [0.4, 0.5) is 0 Å². The van der Waals surface area contributed by atoms with E-state index in [9.17, 15) is 9.59 Å². The molecular weight excluding hydrogens is 404 g/mol. The smallest absolute Gasteiger partial charge is 0.260 e. The van der Waals surface area contributed by atoms with Gasteiger partial charge in [0.25, 0.3) is 11.8 Å². The van der Waals surface area contributed by atoms with Crippen LogP contribution in [0.1, 0.15) is 18.9 Å². The molecule has 2 aromatic rings. The molecule has 0 atom stereocenters. The Morgan fingerprint density at radius 2 is 1.23 bits per heavy atom. The average molecular weight is 431 g/mol. The van der Waals surface area contributed by atoms with Gasteiger partial charge in [-0.15, -0.1) is 0 Å². The van der Waals surface area contributed by atoms with Crippen LogP contribution in [0.3, 0.4) is 0 Å². The van der Waals surface area contributed by atoms with Crippen molar-refractivity contribution < 1.29 is 19.1 Å². The van der Waals surface area contributed by atoms with Crippen LogP contribution >= 0.6 is 11.6 Å². The average Bonchev–Trinajstić information content (AvgIpc) is 2.78. The Hall–Kier alpha value is -2.73. The lowest BCUT2D eigenvalue weighted by molar-refractivity contribution is -0.141. The molecule has 7 heteroatoms. The van der Waals surface area contributed by atoms with E-state index < -0.39 is 0 Å². The number of benzene rings is 2. The van der Waals surface area contributed by atoms with Gasteiger partial charge in [-0.1, -0.05) is 37.1 Å². The first-order chi connectivity index (χ1) is 14.5. The molecule has 0 unspecified atom stereocenters. The van der Waals surface area contributed by atoms with Crippen LogP contribution in [-0.4, -0.2) is 61.0 Å². The molecule has 1 saturated heterocycles. The Morgan fingerprint density at radius 1 is 0.800 bits per heavy atom. The van der Waals surface area contributed by atoms with Gasteiger partial charge in [-0.3, -0.25) is 9.59 Å². The second-order valence-electron chi connectivity index (χ2n) is 7.19. The minimum absolute atomic E-state index is 0.000743. The van der Waals surface area contributed by atoms with E-state index in [0.29, 0.717) is 42.7 Å². The molecule has 0 saturated carbocycles. The summed E-state index contributed by atoms with van der Waals surface area (Å²) in [5, 5.41) is 0.618. The van der Waals surface area contributed by atoms with Gasteiger partial charge >= 0.3 is 0 Å². The lowest BCUT2D eigenvalue weighted by atomic mass is 10.1. The van der Waals surface area contributed by atoms with Gasteiger partial charge in [0.05, 0.1) is 0 Å². The molecule has 0 radical (unpaired) electrons. The summed E-state index contributed by atoms with van der Waals surface area (Å²) in [7, 11) is 0. The highest BCUT2D eigenvalue weighted by Crippen LogP contribution is 2.16. The Morgan fingerprint density at radius 3 is 1.67 bits per heavy atom. The van der Waals surface area contributed by atoms with Crippen LogP contribution in [0.15, 0.2) is 48.5 Å². The molecule has 0 spiro atoms. The molecule has 1 aliphatic rings. The molecular formula is C23H27ClN2O4. The third-order valence-electron chi connectivity index (χ3n) is 4.99. The van der Waals surface area contributed by atoms with Gasteiger partial charge in [0.2, 0.25) is 0 Å². The summed E-state index contributed by atoms with van der Waals surface area (Å²) in [4.78, 5) is 28.2. The minimum Gasteiger partial charge on any atom is -0.484 e. The molecule has 30 heavy (non-hydrogen) atoms. The fourth-order valence-corrected chi connectivity index (χ4v) is 3.38. The summed E-state index contributed by atoms with van der Waals surface area (Å²) in [6.45, 7) is 4.06. The summed E-state index contributed by atoms with van der Waals surface area (Å²) in [6.07, 6.45) is 2.13. The number of piperazine rings is 1. The Kier molecular flexibility index (Phi) is 7.97. The monoisotopic (exact) mass is 430 g/mol. The van der Waals surface area contributed by atoms with Crippen LogP contribution in [0.2, 0.25) is 5.02 Å². The molecule has 0 aliphatic carbocycles. The summed E-state index contributed by atoms with van der Waals surface area (Å²) in [5.74, 6) is 1.12. The van der Waals surface area contributed by atoms with E-state index in [4.69, 9.17) is 21.1 Å². The third-order valence-corrected chi connectivity index (χ3v) is 5.24. The number of nitrogens with zero attached hydrogens (tertiary/aromatic N) is 2. The van der Waals surface area contributed by atoms with Gasteiger partial charge in [0.15, 0.2) is 13.2 Å². The topological polar surface area (TPSA) is 59.1 Å². The van der Waals surface area contributed by atoms with Gasteiger partial charge in [-0.05, 0) is 48.4 Å². The minimum atomic E-state index is -0.0968. The summed E-state index contributed by atoms with van der Waals surface area (Å²) in [5.41, 5.74) is 1.26. The van der Waals surface area contributed by atoms with Crippen molar-refractivity contribution in [3.63, 3.8) is 0 Å². The molecule has 0 bridgehead atoms. The van der Waals surface area contributed by atoms with Crippen LogP contribution in [0.25, 0.3) is 0 Å². The lowest BCUT2D eigenvalue weighted by Gasteiger charge is -2.34. The summed E-state index contributed by atoms with van der Waals surface area (Å²) < 4.78 is 11.1. The van der Waals surface area contributed by atoms with Crippen molar-refractivity contribution in [2.24, 2.45) is 0 Å². The SMILES string of the molecule is CCCc1ccc(OCC(=O)N2CCN(C(=O)COc3ccc(Cl)cc3)CC2)cc1. The summed E-state index contributed by atoms with van der Waals surface area (Å²) in [6, 6.07) is 14.7. The highest BCUT2D eigenvalue weighted by atomic mass is 35.5. The van der Waals surface area contributed by atoms with Crippen molar-refractivity contribution in [2.75, 3.05) is 39.4 Å². The van der Waals surface area contributed by atoms with Crippen LogP contribution in [0.5, 0.6) is 11.5 Å². The van der Waals surface area contributed by atoms with Gasteiger partial charge < -0.3 is 19.3 Å². The number of ether oxygens (including phenoxy) is 2. The lowest BCUT2D eigenvalue weighted by Crippen LogP contribution is -2.52. The molecule has 160 valence electrons. The maximum atomic E-state index is 12.4. The molecule has 1 fully saturated rings. The molecule has 1 aliphatic heterocycles. The fourth-order valence-electron chi connectivity index (χ4n) is 3.25. The van der Waals surface area contributed by atoms with Crippen molar-refractivity contribution in [3.8, 4) is 11.5 Å². The second-order valence-corrected chi connectivity index (χ2v) is 7.62. The molecule has 2 amide bonds. The number of halogens is 1.